The molecule has 0 bridgehead atoms. The molecule has 6 nitrogen and oxygen atoms in total. The average Bonchev–Trinajstić information content (AvgIpc) is 2.93. The first-order valence-electron chi connectivity index (χ1n) is 6.00. The highest BCUT2D eigenvalue weighted by Crippen LogP contribution is 2.33. The van der Waals surface area contributed by atoms with Crippen molar-refractivity contribution in [1.29, 1.82) is 0 Å². The lowest BCUT2D eigenvalue weighted by Crippen LogP contribution is -2.35. The fourth-order valence-electron chi connectivity index (χ4n) is 1.95. The van der Waals surface area contributed by atoms with Gasteiger partial charge in [-0.3, -0.25) is 9.10 Å². The second-order valence-corrected chi connectivity index (χ2v) is 7.21. The van der Waals surface area contributed by atoms with E-state index in [1.807, 2.05) is 0 Å². The fraction of sp³-hybridized carbons (Fsp3) is 0.0769. The first-order chi connectivity index (χ1) is 10.00. The number of thiophene rings is 1. The van der Waals surface area contributed by atoms with Crippen molar-refractivity contribution in [3.05, 3.63) is 46.4 Å². The Morgan fingerprint density at radius 1 is 1.33 bits per heavy atom. The van der Waals surface area contributed by atoms with Crippen molar-refractivity contribution >= 4 is 39.2 Å². The van der Waals surface area contributed by atoms with Gasteiger partial charge < -0.3 is 5.32 Å². The number of aromatic nitrogens is 1. The number of likely N-dealkylation sites (N-methyl/N-ethyl adjacent to an activating group) is 1. The summed E-state index contributed by atoms with van der Waals surface area (Å²) in [5, 5.41) is 4.27. The van der Waals surface area contributed by atoms with Gasteiger partial charge in [-0.05, 0) is 29.7 Å². The largest absolute Gasteiger partial charge is 0.305 e. The van der Waals surface area contributed by atoms with Gasteiger partial charge in [0.05, 0.1) is 0 Å². The van der Waals surface area contributed by atoms with E-state index < -0.39 is 15.9 Å². The molecule has 1 aliphatic rings. The van der Waals surface area contributed by atoms with Crippen LogP contribution in [-0.4, -0.2) is 30.7 Å². The van der Waals surface area contributed by atoms with Gasteiger partial charge in [-0.1, -0.05) is 6.07 Å². The van der Waals surface area contributed by atoms with E-state index >= 15 is 0 Å². The molecule has 2 aromatic rings. The third-order valence-corrected chi connectivity index (χ3v) is 5.86. The summed E-state index contributed by atoms with van der Waals surface area (Å²) in [6.45, 7) is 0. The molecule has 1 aliphatic heterocycles. The molecule has 1 amide bonds. The van der Waals surface area contributed by atoms with E-state index in [4.69, 9.17) is 0 Å². The molecule has 8 heteroatoms. The normalized spacial score (nSPS) is 16.0. The van der Waals surface area contributed by atoms with Crippen LogP contribution in [0.25, 0.3) is 6.08 Å². The summed E-state index contributed by atoms with van der Waals surface area (Å²) >= 11 is 1.28. The van der Waals surface area contributed by atoms with Crippen molar-refractivity contribution in [3.8, 4) is 0 Å². The van der Waals surface area contributed by atoms with Gasteiger partial charge in [-0.2, -0.15) is 0 Å². The molecule has 0 unspecified atom stereocenters. The number of carbonyl (C=O) groups excluding carboxylic acids is 1. The van der Waals surface area contributed by atoms with Gasteiger partial charge in [0.2, 0.25) is 0 Å². The zero-order chi connectivity index (χ0) is 15.0. The second kappa shape index (κ2) is 4.97. The third-order valence-electron chi connectivity index (χ3n) is 3.04. The molecule has 0 atom stereocenters. The molecule has 0 aliphatic carbocycles. The number of fused-ring (bicyclic) bond motifs is 1. The van der Waals surface area contributed by atoms with Gasteiger partial charge in [0.15, 0.2) is 0 Å². The van der Waals surface area contributed by atoms with E-state index in [0.717, 1.165) is 4.31 Å². The lowest BCUT2D eigenvalue weighted by Gasteiger charge is -2.25. The van der Waals surface area contributed by atoms with Gasteiger partial charge in [0.1, 0.15) is 16.4 Å². The number of anilines is 1. The maximum atomic E-state index is 12.3. The Kier molecular flexibility index (Phi) is 3.26. The Morgan fingerprint density at radius 2 is 2.14 bits per heavy atom. The monoisotopic (exact) mass is 321 g/mol. The Hall–Kier alpha value is -2.19. The van der Waals surface area contributed by atoms with Crippen LogP contribution < -0.4 is 5.32 Å². The van der Waals surface area contributed by atoms with Crippen LogP contribution in [0, 0.1) is 0 Å². The number of hydrogen-bond donors (Lipinski definition) is 1. The molecule has 2 aromatic heterocycles. The SMILES string of the molecule is CN1C(C(=O)Nc2ccccn2)=Cc2sccc2S1(=O)=O. The molecule has 0 fully saturated rings. The zero-order valence-electron chi connectivity index (χ0n) is 11.0. The molecular weight excluding hydrogens is 310 g/mol. The predicted octanol–water partition coefficient (Wildman–Crippen LogP) is 1.76. The first kappa shape index (κ1) is 13.8. The van der Waals surface area contributed by atoms with Crippen LogP contribution in [-0.2, 0) is 14.8 Å². The van der Waals surface area contributed by atoms with Crippen LogP contribution >= 0.6 is 11.3 Å². The molecule has 0 radical (unpaired) electrons. The summed E-state index contributed by atoms with van der Waals surface area (Å²) < 4.78 is 25.6. The summed E-state index contributed by atoms with van der Waals surface area (Å²) in [5.41, 5.74) is 0.0654. The van der Waals surface area contributed by atoms with Crippen molar-refractivity contribution < 1.29 is 13.2 Å². The van der Waals surface area contributed by atoms with Gasteiger partial charge in [-0.15, -0.1) is 11.3 Å². The van der Waals surface area contributed by atoms with Gasteiger partial charge >= 0.3 is 0 Å². The topological polar surface area (TPSA) is 79.4 Å². The van der Waals surface area contributed by atoms with Gasteiger partial charge in [0, 0.05) is 18.1 Å². The summed E-state index contributed by atoms with van der Waals surface area (Å²) in [4.78, 5) is 17.0. The summed E-state index contributed by atoms with van der Waals surface area (Å²) in [7, 11) is -2.31. The van der Waals surface area contributed by atoms with Crippen LogP contribution in [0.1, 0.15) is 4.88 Å². The molecule has 21 heavy (non-hydrogen) atoms. The number of rotatable bonds is 2. The van der Waals surface area contributed by atoms with Crippen molar-refractivity contribution in [3.63, 3.8) is 0 Å². The summed E-state index contributed by atoms with van der Waals surface area (Å²) in [5.74, 6) is -0.148. The average molecular weight is 321 g/mol. The minimum absolute atomic E-state index is 0.0654. The standard InChI is InChI=1S/C13H11N3O3S2/c1-16-9(13(17)15-12-4-2-3-6-14-12)8-10-11(5-7-20-10)21(16,18)19/h2-8H,1H3,(H,14,15,17). The van der Waals surface area contributed by atoms with Crippen LogP contribution in [0.5, 0.6) is 0 Å². The maximum absolute atomic E-state index is 12.3. The van der Waals surface area contributed by atoms with E-state index in [9.17, 15) is 13.2 Å². The summed E-state index contributed by atoms with van der Waals surface area (Å²) in [6, 6.07) is 6.63. The molecular formula is C13H11N3O3S2. The number of sulfonamides is 1. The van der Waals surface area contributed by atoms with Crippen LogP contribution in [0.15, 0.2) is 46.4 Å². The molecule has 0 aromatic carbocycles. The van der Waals surface area contributed by atoms with E-state index in [0.29, 0.717) is 10.7 Å². The second-order valence-electron chi connectivity index (χ2n) is 4.32. The number of nitrogens with zero attached hydrogens (tertiary/aromatic N) is 2. The van der Waals surface area contributed by atoms with E-state index in [1.54, 1.807) is 35.9 Å². The molecule has 0 saturated heterocycles. The predicted molar refractivity (Wildman–Crippen MR) is 80.1 cm³/mol. The highest BCUT2D eigenvalue weighted by Gasteiger charge is 2.33. The fourth-order valence-corrected chi connectivity index (χ4v) is 4.45. The third kappa shape index (κ3) is 2.32. The minimum atomic E-state index is -3.67. The van der Waals surface area contributed by atoms with Crippen molar-refractivity contribution in [1.82, 2.24) is 9.29 Å². The Balaban J connectivity index is 1.98. The van der Waals surface area contributed by atoms with Crippen LogP contribution in [0.3, 0.4) is 0 Å². The number of hydrogen-bond acceptors (Lipinski definition) is 5. The molecule has 0 spiro atoms. The molecule has 108 valence electrons. The van der Waals surface area contributed by atoms with Crippen LogP contribution in [0.2, 0.25) is 0 Å². The lowest BCUT2D eigenvalue weighted by molar-refractivity contribution is -0.113. The molecule has 0 saturated carbocycles. The summed E-state index contributed by atoms with van der Waals surface area (Å²) in [6.07, 6.45) is 3.11. The molecule has 1 N–H and O–H groups in total. The van der Waals surface area contributed by atoms with Gasteiger partial charge in [-0.25, -0.2) is 13.4 Å². The molecule has 3 rings (SSSR count). The number of nitrogens with one attached hydrogen (secondary N) is 1. The van der Waals surface area contributed by atoms with E-state index in [1.165, 1.54) is 24.5 Å². The molecule has 3 heterocycles. The Bertz CT molecular complexity index is 825. The van der Waals surface area contributed by atoms with Crippen molar-refractivity contribution in [2.45, 2.75) is 4.90 Å². The van der Waals surface area contributed by atoms with Crippen LogP contribution in [0.4, 0.5) is 5.82 Å². The van der Waals surface area contributed by atoms with Crippen molar-refractivity contribution in [2.24, 2.45) is 0 Å². The van der Waals surface area contributed by atoms with Gasteiger partial charge in [0.25, 0.3) is 15.9 Å². The minimum Gasteiger partial charge on any atom is -0.305 e. The lowest BCUT2D eigenvalue weighted by atomic mass is 10.3. The van der Waals surface area contributed by atoms with Crippen molar-refractivity contribution in [2.75, 3.05) is 12.4 Å². The Morgan fingerprint density at radius 3 is 2.86 bits per heavy atom. The maximum Gasteiger partial charge on any atom is 0.274 e. The highest BCUT2D eigenvalue weighted by molar-refractivity contribution is 7.89. The number of pyridine rings is 1. The van der Waals surface area contributed by atoms with E-state index in [2.05, 4.69) is 10.3 Å². The van der Waals surface area contributed by atoms with E-state index in [-0.39, 0.29) is 10.6 Å². The zero-order valence-corrected chi connectivity index (χ0v) is 12.6. The number of carbonyl (C=O) groups is 1. The Labute approximate surface area is 125 Å². The number of amides is 1. The first-order valence-corrected chi connectivity index (χ1v) is 8.32. The highest BCUT2D eigenvalue weighted by atomic mass is 32.2. The smallest absolute Gasteiger partial charge is 0.274 e. The quantitative estimate of drug-likeness (QED) is 0.914.